The fraction of sp³-hybridized carbons (Fsp3) is 0.667. The van der Waals surface area contributed by atoms with Gasteiger partial charge in [0, 0.05) is 11.5 Å². The van der Waals surface area contributed by atoms with E-state index in [0.29, 0.717) is 6.04 Å². The Morgan fingerprint density at radius 2 is 1.80 bits per heavy atom. The van der Waals surface area contributed by atoms with Gasteiger partial charge in [-0.05, 0) is 17.9 Å². The Morgan fingerprint density at radius 1 is 1.15 bits per heavy atom. The first-order valence-corrected chi connectivity index (χ1v) is 8.07. The van der Waals surface area contributed by atoms with E-state index in [0.717, 1.165) is 12.3 Å². The van der Waals surface area contributed by atoms with Gasteiger partial charge in [-0.1, -0.05) is 83.7 Å². The van der Waals surface area contributed by atoms with Crippen LogP contribution in [0.3, 0.4) is 0 Å². The van der Waals surface area contributed by atoms with Gasteiger partial charge in [-0.25, -0.2) is 0 Å². The first-order chi connectivity index (χ1) is 9.56. The van der Waals surface area contributed by atoms with Crippen LogP contribution in [0.4, 0.5) is 0 Å². The van der Waals surface area contributed by atoms with Crippen molar-refractivity contribution in [3.05, 3.63) is 35.9 Å². The number of unbranched alkanes of at least 4 members (excludes halogenated alkanes) is 1. The predicted octanol–water partition coefficient (Wildman–Crippen LogP) is 4.40. The topological polar surface area (TPSA) is 38.0 Å². The van der Waals surface area contributed by atoms with Crippen LogP contribution in [-0.2, 0) is 5.41 Å². The number of rotatable bonds is 9. The molecule has 0 spiro atoms. The molecule has 1 aromatic rings. The Kier molecular flexibility index (Phi) is 7.25. The van der Waals surface area contributed by atoms with Gasteiger partial charge >= 0.3 is 0 Å². The van der Waals surface area contributed by atoms with Crippen LogP contribution in [0.1, 0.15) is 65.4 Å². The number of nitrogens with one attached hydrogen (secondary N) is 1. The predicted molar refractivity (Wildman–Crippen MR) is 88.5 cm³/mol. The molecule has 2 atom stereocenters. The molecule has 20 heavy (non-hydrogen) atoms. The van der Waals surface area contributed by atoms with Gasteiger partial charge in [-0.2, -0.15) is 0 Å². The van der Waals surface area contributed by atoms with Crippen LogP contribution >= 0.6 is 0 Å². The normalized spacial score (nSPS) is 15.1. The first-order valence-electron chi connectivity index (χ1n) is 8.07. The summed E-state index contributed by atoms with van der Waals surface area (Å²) in [5, 5.41) is 0. The fourth-order valence-electron chi connectivity index (χ4n) is 2.95. The van der Waals surface area contributed by atoms with E-state index in [1.807, 2.05) is 0 Å². The molecule has 0 aliphatic rings. The Hall–Kier alpha value is -0.860. The number of hydrogen-bond acceptors (Lipinski definition) is 2. The average molecular weight is 276 g/mol. The molecule has 3 N–H and O–H groups in total. The molecule has 114 valence electrons. The maximum Gasteiger partial charge on any atom is 0.0304 e. The molecule has 2 heteroatoms. The van der Waals surface area contributed by atoms with E-state index in [4.69, 9.17) is 5.84 Å². The lowest BCUT2D eigenvalue weighted by molar-refractivity contribution is 0.267. The minimum atomic E-state index is 0.0512. The SMILES string of the molecule is CCCCC(CC)CC(NN)C(C)(C)c1ccccc1. The zero-order chi connectivity index (χ0) is 15.0. The van der Waals surface area contributed by atoms with Crippen molar-refractivity contribution in [2.45, 2.75) is 71.3 Å². The van der Waals surface area contributed by atoms with E-state index in [-0.39, 0.29) is 5.41 Å². The highest BCUT2D eigenvalue weighted by Gasteiger charge is 2.31. The van der Waals surface area contributed by atoms with Crippen molar-refractivity contribution in [1.29, 1.82) is 0 Å². The van der Waals surface area contributed by atoms with Crippen molar-refractivity contribution >= 4 is 0 Å². The third kappa shape index (κ3) is 4.60. The summed E-state index contributed by atoms with van der Waals surface area (Å²) in [5.41, 5.74) is 4.49. The molecule has 0 saturated heterocycles. The summed E-state index contributed by atoms with van der Waals surface area (Å²) in [6, 6.07) is 11.0. The first kappa shape index (κ1) is 17.2. The molecule has 1 rings (SSSR count). The van der Waals surface area contributed by atoms with E-state index in [2.05, 4.69) is 63.5 Å². The molecule has 2 nitrogen and oxygen atoms in total. The van der Waals surface area contributed by atoms with Crippen molar-refractivity contribution in [2.24, 2.45) is 11.8 Å². The molecule has 0 aromatic heterocycles. The summed E-state index contributed by atoms with van der Waals surface area (Å²) < 4.78 is 0. The van der Waals surface area contributed by atoms with Crippen LogP contribution in [0.5, 0.6) is 0 Å². The van der Waals surface area contributed by atoms with Gasteiger partial charge in [-0.15, -0.1) is 0 Å². The van der Waals surface area contributed by atoms with Gasteiger partial charge in [0.1, 0.15) is 0 Å². The standard InChI is InChI=1S/C18H32N2/c1-5-7-11-15(6-2)14-17(20-19)18(3,4)16-12-9-8-10-13-16/h8-10,12-13,15,17,20H,5-7,11,14,19H2,1-4H3. The van der Waals surface area contributed by atoms with Crippen LogP contribution in [0.15, 0.2) is 30.3 Å². The van der Waals surface area contributed by atoms with Crippen molar-refractivity contribution in [2.75, 3.05) is 0 Å². The maximum atomic E-state index is 5.88. The van der Waals surface area contributed by atoms with Crippen LogP contribution < -0.4 is 11.3 Å². The van der Waals surface area contributed by atoms with Crippen molar-refractivity contribution in [3.63, 3.8) is 0 Å². The number of benzene rings is 1. The molecule has 0 amide bonds. The second-order valence-corrected chi connectivity index (χ2v) is 6.46. The van der Waals surface area contributed by atoms with Gasteiger partial charge in [-0.3, -0.25) is 11.3 Å². The fourth-order valence-corrected chi connectivity index (χ4v) is 2.95. The Labute approximate surface area is 125 Å². The molecule has 0 heterocycles. The van der Waals surface area contributed by atoms with Gasteiger partial charge in [0.15, 0.2) is 0 Å². The summed E-state index contributed by atoms with van der Waals surface area (Å²) in [6.07, 6.45) is 6.30. The van der Waals surface area contributed by atoms with Crippen LogP contribution in [0.2, 0.25) is 0 Å². The zero-order valence-electron chi connectivity index (χ0n) is 13.7. The van der Waals surface area contributed by atoms with E-state index in [9.17, 15) is 0 Å². The highest BCUT2D eigenvalue weighted by molar-refractivity contribution is 5.25. The lowest BCUT2D eigenvalue weighted by Crippen LogP contribution is -2.49. The molecule has 1 aromatic carbocycles. The highest BCUT2D eigenvalue weighted by Crippen LogP contribution is 2.32. The molecule has 0 aliphatic heterocycles. The summed E-state index contributed by atoms with van der Waals surface area (Å²) in [6.45, 7) is 9.14. The van der Waals surface area contributed by atoms with Gasteiger partial charge in [0.2, 0.25) is 0 Å². The molecular formula is C18H32N2. The lowest BCUT2D eigenvalue weighted by atomic mass is 9.74. The van der Waals surface area contributed by atoms with E-state index in [1.165, 1.54) is 31.2 Å². The van der Waals surface area contributed by atoms with E-state index < -0.39 is 0 Å². The van der Waals surface area contributed by atoms with Gasteiger partial charge in [0.25, 0.3) is 0 Å². The zero-order valence-corrected chi connectivity index (χ0v) is 13.7. The van der Waals surface area contributed by atoms with Gasteiger partial charge < -0.3 is 0 Å². The second kappa shape index (κ2) is 8.43. The molecule has 0 fully saturated rings. The van der Waals surface area contributed by atoms with E-state index in [1.54, 1.807) is 0 Å². The average Bonchev–Trinajstić information content (AvgIpc) is 2.48. The quantitative estimate of drug-likeness (QED) is 0.518. The number of hydrogen-bond donors (Lipinski definition) is 2. The number of nitrogens with two attached hydrogens (primary N) is 1. The summed E-state index contributed by atoms with van der Waals surface area (Å²) in [4.78, 5) is 0. The Balaban J connectivity index is 2.78. The van der Waals surface area contributed by atoms with Crippen LogP contribution in [0, 0.1) is 5.92 Å². The highest BCUT2D eigenvalue weighted by atomic mass is 15.2. The van der Waals surface area contributed by atoms with Crippen molar-refractivity contribution in [3.8, 4) is 0 Å². The Bertz CT molecular complexity index is 359. The largest absolute Gasteiger partial charge is 0.271 e. The molecule has 2 unspecified atom stereocenters. The molecule has 0 saturated carbocycles. The lowest BCUT2D eigenvalue weighted by Gasteiger charge is -2.36. The summed E-state index contributed by atoms with van der Waals surface area (Å²) in [7, 11) is 0. The second-order valence-electron chi connectivity index (χ2n) is 6.46. The summed E-state index contributed by atoms with van der Waals surface area (Å²) in [5.74, 6) is 6.64. The van der Waals surface area contributed by atoms with Crippen molar-refractivity contribution in [1.82, 2.24) is 5.43 Å². The molecule has 0 bridgehead atoms. The minimum absolute atomic E-state index is 0.0512. The Morgan fingerprint density at radius 3 is 2.30 bits per heavy atom. The van der Waals surface area contributed by atoms with E-state index >= 15 is 0 Å². The third-order valence-electron chi connectivity index (χ3n) is 4.70. The molecular weight excluding hydrogens is 244 g/mol. The van der Waals surface area contributed by atoms with Gasteiger partial charge in [0.05, 0.1) is 0 Å². The third-order valence-corrected chi connectivity index (χ3v) is 4.70. The molecule has 0 radical (unpaired) electrons. The van der Waals surface area contributed by atoms with Crippen LogP contribution in [-0.4, -0.2) is 6.04 Å². The number of hydrazine groups is 1. The summed E-state index contributed by atoms with van der Waals surface area (Å²) >= 11 is 0. The smallest absolute Gasteiger partial charge is 0.0304 e. The van der Waals surface area contributed by atoms with Crippen molar-refractivity contribution < 1.29 is 0 Å². The molecule has 0 aliphatic carbocycles. The van der Waals surface area contributed by atoms with Crippen LogP contribution in [0.25, 0.3) is 0 Å². The monoisotopic (exact) mass is 276 g/mol. The minimum Gasteiger partial charge on any atom is -0.271 e. The maximum absolute atomic E-state index is 5.88.